The summed E-state index contributed by atoms with van der Waals surface area (Å²) in [5.41, 5.74) is 1.14. The summed E-state index contributed by atoms with van der Waals surface area (Å²) in [5.74, 6) is 0. The van der Waals surface area contributed by atoms with E-state index in [1.807, 2.05) is 25.1 Å². The van der Waals surface area contributed by atoms with Crippen LogP contribution in [-0.2, 0) is 39.6 Å². The van der Waals surface area contributed by atoms with Crippen molar-refractivity contribution in [3.05, 3.63) is 35.9 Å². The molecule has 0 fully saturated rings. The van der Waals surface area contributed by atoms with Crippen molar-refractivity contribution in [2.45, 2.75) is 6.92 Å². The molecule has 0 amide bonds. The van der Waals surface area contributed by atoms with E-state index in [4.69, 9.17) is 0 Å². The Balaban J connectivity index is 0. The Hall–Kier alpha value is 0.493. The fourth-order valence-electron chi connectivity index (χ4n) is 0.436. The van der Waals surface area contributed by atoms with Crippen LogP contribution in [-0.4, -0.2) is 0 Å². The molecule has 1 aromatic carbocycles. The number of benzene rings is 1. The Morgan fingerprint density at radius 1 is 1.33 bits per heavy atom. The van der Waals surface area contributed by atoms with Gasteiger partial charge in [0.1, 0.15) is 0 Å². The van der Waals surface area contributed by atoms with Gasteiger partial charge >= 0.3 is 0 Å². The van der Waals surface area contributed by atoms with Gasteiger partial charge in [0, 0.05) is 39.6 Å². The molecule has 0 unspecified atom stereocenters. The monoisotopic (exact) mass is 325 g/mol. The third-order valence-electron chi connectivity index (χ3n) is 0.790. The van der Waals surface area contributed by atoms with Crippen LogP contribution in [0.15, 0.2) is 18.2 Å². The maximum absolute atomic E-state index is 3.00. The molecule has 0 spiro atoms. The molecule has 1 aromatic rings. The summed E-state index contributed by atoms with van der Waals surface area (Å²) in [6.07, 6.45) is 0. The zero-order valence-corrected chi connectivity index (χ0v) is 9.42. The Kier molecular flexibility index (Phi) is 8.96. The Labute approximate surface area is 82.2 Å². The molecule has 0 nitrogen and oxygen atoms in total. The van der Waals surface area contributed by atoms with E-state index in [-0.39, 0.29) is 39.6 Å². The number of rotatable bonds is 0. The molecule has 0 aliphatic heterocycles. The van der Waals surface area contributed by atoms with Crippen molar-refractivity contribution in [3.63, 3.8) is 0 Å². The second-order valence-corrected chi connectivity index (χ2v) is 1.47. The molecular weight excluding hydrogens is 319 g/mol. The van der Waals surface area contributed by atoms with Gasteiger partial charge in [-0.3, -0.25) is 23.8 Å². The molecule has 0 heterocycles. The second-order valence-electron chi connectivity index (χ2n) is 1.47. The first-order valence-electron chi connectivity index (χ1n) is 2.24. The average molecular weight is 325 g/mol. The summed E-state index contributed by atoms with van der Waals surface area (Å²) in [4.78, 5) is 0. The van der Waals surface area contributed by atoms with Crippen LogP contribution < -0.4 is 0 Å². The van der Waals surface area contributed by atoms with Crippen molar-refractivity contribution in [1.82, 2.24) is 0 Å². The number of hydrogen-bond donors (Lipinski definition) is 0. The third-order valence-corrected chi connectivity index (χ3v) is 0.790. The van der Waals surface area contributed by atoms with Gasteiger partial charge in [0.2, 0.25) is 0 Å². The third kappa shape index (κ3) is 4.96. The van der Waals surface area contributed by atoms with E-state index in [2.05, 4.69) is 12.1 Å². The summed E-state index contributed by atoms with van der Waals surface area (Å²) >= 11 is 0. The minimum Gasteiger partial charge on any atom is -0.319 e. The Bertz CT molecular complexity index is 139. The zero-order valence-electron chi connectivity index (χ0n) is 5.09. The van der Waals surface area contributed by atoms with Crippen molar-refractivity contribution in [1.29, 1.82) is 0 Å². The summed E-state index contributed by atoms with van der Waals surface area (Å²) < 4.78 is 0. The van der Waals surface area contributed by atoms with Crippen LogP contribution in [0.3, 0.4) is 0 Å². The van der Waals surface area contributed by atoms with Gasteiger partial charge in [-0.1, -0.05) is 0 Å². The van der Waals surface area contributed by atoms with E-state index >= 15 is 0 Å². The molecule has 0 atom stereocenters. The molecule has 0 bridgehead atoms. The van der Waals surface area contributed by atoms with Crippen LogP contribution in [0.1, 0.15) is 5.56 Å². The maximum Gasteiger partial charge on any atom is 0 e. The minimum absolute atomic E-state index is 0. The predicted molar refractivity (Wildman–Crippen MR) is 28.9 cm³/mol. The quantitative estimate of drug-likeness (QED) is 0.636. The first-order chi connectivity index (χ1) is 3.39. The average Bonchev–Trinajstić information content (AvgIpc) is 1.69. The van der Waals surface area contributed by atoms with E-state index in [1.54, 1.807) is 0 Å². The van der Waals surface area contributed by atoms with Crippen molar-refractivity contribution in [2.75, 3.05) is 0 Å². The van der Waals surface area contributed by atoms with E-state index in [9.17, 15) is 0 Å². The van der Waals surface area contributed by atoms with Gasteiger partial charge in [-0.05, 0) is 0 Å². The number of hydrogen-bond acceptors (Lipinski definition) is 0. The molecule has 0 N–H and O–H groups in total. The Morgan fingerprint density at radius 3 is 2.22 bits per heavy atom. The molecule has 1 rings (SSSR count). The van der Waals surface area contributed by atoms with Crippen molar-refractivity contribution >= 4 is 0 Å². The van der Waals surface area contributed by atoms with Crippen molar-refractivity contribution in [2.24, 2.45) is 0 Å². The normalized spacial score (nSPS) is 6.78. The molecule has 1 radical (unpaired) electrons. The van der Waals surface area contributed by atoms with Crippen LogP contribution in [0.2, 0.25) is 0 Å². The zero-order chi connectivity index (χ0) is 5.11. The van der Waals surface area contributed by atoms with Crippen molar-refractivity contribution < 1.29 is 39.6 Å². The van der Waals surface area contributed by atoms with Crippen LogP contribution in [0, 0.1) is 19.1 Å². The summed E-state index contributed by atoms with van der Waals surface area (Å²) in [6, 6.07) is 11.5. The first kappa shape index (κ1) is 12.2. The summed E-state index contributed by atoms with van der Waals surface area (Å²) in [6.45, 7) is 2.00. The molecule has 0 aliphatic carbocycles. The van der Waals surface area contributed by atoms with Gasteiger partial charge in [-0.25, -0.2) is 0 Å². The van der Waals surface area contributed by atoms with Gasteiger partial charge < -0.3 is 12.1 Å². The van der Waals surface area contributed by atoms with Gasteiger partial charge in [0.15, 0.2) is 0 Å². The SMILES string of the molecule is Cc1[c-]cc[c-]c1.[V].[W]. The standard InChI is InChI=1S/C7H6.V.W/c1-7-5-3-2-4-6-7;;/h2-3,6H,1H3;;/q-2;;. The molecule has 0 aliphatic rings. The Morgan fingerprint density at radius 2 is 2.00 bits per heavy atom. The number of aryl methyl sites for hydroxylation is 1. The molecule has 9 heavy (non-hydrogen) atoms. The molecule has 2 heteroatoms. The predicted octanol–water partition coefficient (Wildman–Crippen LogP) is 1.59. The van der Waals surface area contributed by atoms with Gasteiger partial charge in [-0.15, -0.1) is 6.92 Å². The van der Waals surface area contributed by atoms with Crippen molar-refractivity contribution in [3.8, 4) is 0 Å². The van der Waals surface area contributed by atoms with E-state index < -0.39 is 0 Å². The van der Waals surface area contributed by atoms with E-state index in [1.165, 1.54) is 0 Å². The van der Waals surface area contributed by atoms with Gasteiger partial charge in [-0.2, -0.15) is 0 Å². The van der Waals surface area contributed by atoms with Crippen LogP contribution in [0.5, 0.6) is 0 Å². The molecule has 47 valence electrons. The largest absolute Gasteiger partial charge is 0.319 e. The van der Waals surface area contributed by atoms with Gasteiger partial charge in [0.25, 0.3) is 0 Å². The topological polar surface area (TPSA) is 0 Å². The first-order valence-corrected chi connectivity index (χ1v) is 2.24. The van der Waals surface area contributed by atoms with E-state index in [0.29, 0.717) is 0 Å². The van der Waals surface area contributed by atoms with Gasteiger partial charge in [0.05, 0.1) is 0 Å². The molecular formula is C7H6VW-2. The smallest absolute Gasteiger partial charge is 0 e. The fraction of sp³-hybridized carbons (Fsp3) is 0.143. The summed E-state index contributed by atoms with van der Waals surface area (Å²) in [7, 11) is 0. The van der Waals surface area contributed by atoms with Crippen LogP contribution in [0.4, 0.5) is 0 Å². The van der Waals surface area contributed by atoms with Crippen LogP contribution >= 0.6 is 0 Å². The fourth-order valence-corrected chi connectivity index (χ4v) is 0.436. The minimum atomic E-state index is 0. The maximum atomic E-state index is 3.00. The van der Waals surface area contributed by atoms with Crippen LogP contribution in [0.25, 0.3) is 0 Å². The molecule has 0 saturated carbocycles. The molecule has 0 saturated heterocycles. The molecule has 0 aromatic heterocycles. The van der Waals surface area contributed by atoms with E-state index in [0.717, 1.165) is 5.56 Å². The summed E-state index contributed by atoms with van der Waals surface area (Å²) in [5, 5.41) is 0. The second kappa shape index (κ2) is 6.61.